The van der Waals surface area contributed by atoms with Gasteiger partial charge in [0.05, 0.1) is 6.07 Å². The monoisotopic (exact) mass is 261 g/mol. The Bertz CT molecular complexity index is 277. The first-order chi connectivity index (χ1) is 9.29. The van der Waals surface area contributed by atoms with Crippen LogP contribution in [0.3, 0.4) is 0 Å². The zero-order chi connectivity index (χ0) is 13.5. The second-order valence-electron chi connectivity index (χ2n) is 7.14. The highest BCUT2D eigenvalue weighted by Crippen LogP contribution is 2.41. The molecule has 0 aromatic heterocycles. The lowest BCUT2D eigenvalue weighted by molar-refractivity contribution is 0.162. The Kier molecular flexibility index (Phi) is 6.21. The van der Waals surface area contributed by atoms with E-state index < -0.39 is 0 Å². The lowest BCUT2D eigenvalue weighted by atomic mass is 9.70. The fraction of sp³-hybridized carbons (Fsp3) is 0.944. The van der Waals surface area contributed by atoms with Crippen molar-refractivity contribution in [3.05, 3.63) is 0 Å². The number of nitrogens with zero attached hydrogens (tertiary/aromatic N) is 1. The van der Waals surface area contributed by atoms with E-state index in [1.807, 2.05) is 0 Å². The van der Waals surface area contributed by atoms with Crippen LogP contribution in [-0.4, -0.2) is 0 Å². The van der Waals surface area contributed by atoms with Gasteiger partial charge in [-0.3, -0.25) is 0 Å². The van der Waals surface area contributed by atoms with E-state index >= 15 is 0 Å². The van der Waals surface area contributed by atoms with Crippen LogP contribution in [0.1, 0.15) is 84.0 Å². The molecule has 1 heteroatoms. The topological polar surface area (TPSA) is 23.8 Å². The van der Waals surface area contributed by atoms with Crippen LogP contribution in [0.25, 0.3) is 0 Å². The SMILES string of the molecule is CC(C#N)CCCC1CCC(C2CCCCC2)CC1. The molecular weight excluding hydrogens is 230 g/mol. The zero-order valence-electron chi connectivity index (χ0n) is 12.7. The first-order valence-corrected chi connectivity index (χ1v) is 8.69. The van der Waals surface area contributed by atoms with E-state index in [1.165, 1.54) is 70.6 Å². The molecule has 0 bridgehead atoms. The Balaban J connectivity index is 1.61. The summed E-state index contributed by atoms with van der Waals surface area (Å²) in [6, 6.07) is 2.35. The molecule has 19 heavy (non-hydrogen) atoms. The molecule has 108 valence electrons. The summed E-state index contributed by atoms with van der Waals surface area (Å²) in [6.45, 7) is 2.06. The molecule has 0 radical (unpaired) electrons. The van der Waals surface area contributed by atoms with Crippen LogP contribution in [0.15, 0.2) is 0 Å². The second kappa shape index (κ2) is 7.93. The first kappa shape index (κ1) is 14.9. The quantitative estimate of drug-likeness (QED) is 0.622. The van der Waals surface area contributed by atoms with Gasteiger partial charge in [0.25, 0.3) is 0 Å². The van der Waals surface area contributed by atoms with Gasteiger partial charge in [0.2, 0.25) is 0 Å². The minimum absolute atomic E-state index is 0.263. The maximum atomic E-state index is 8.80. The fourth-order valence-corrected chi connectivity index (χ4v) is 4.33. The van der Waals surface area contributed by atoms with Gasteiger partial charge in [-0.2, -0.15) is 5.26 Å². The lowest BCUT2D eigenvalue weighted by Crippen LogP contribution is -2.23. The molecular formula is C18H31N. The van der Waals surface area contributed by atoms with Crippen LogP contribution >= 0.6 is 0 Å². The molecule has 0 amide bonds. The Morgan fingerprint density at radius 1 is 0.947 bits per heavy atom. The van der Waals surface area contributed by atoms with Crippen LogP contribution < -0.4 is 0 Å². The normalized spacial score (nSPS) is 30.7. The van der Waals surface area contributed by atoms with Crippen LogP contribution in [0.5, 0.6) is 0 Å². The van der Waals surface area contributed by atoms with Crippen molar-refractivity contribution in [2.75, 3.05) is 0 Å². The number of hydrogen-bond acceptors (Lipinski definition) is 1. The van der Waals surface area contributed by atoms with Gasteiger partial charge in [-0.1, -0.05) is 57.8 Å². The summed E-state index contributed by atoms with van der Waals surface area (Å²) in [4.78, 5) is 0. The summed E-state index contributed by atoms with van der Waals surface area (Å²) in [5, 5.41) is 8.80. The molecule has 2 saturated carbocycles. The van der Waals surface area contributed by atoms with E-state index in [1.54, 1.807) is 0 Å². The molecule has 0 N–H and O–H groups in total. The molecule has 0 spiro atoms. The number of rotatable bonds is 5. The smallest absolute Gasteiger partial charge is 0.0652 e. The van der Waals surface area contributed by atoms with E-state index in [-0.39, 0.29) is 5.92 Å². The predicted molar refractivity (Wildman–Crippen MR) is 80.7 cm³/mol. The highest BCUT2D eigenvalue weighted by atomic mass is 14.3. The van der Waals surface area contributed by atoms with Crippen molar-refractivity contribution in [2.45, 2.75) is 84.0 Å². The number of hydrogen-bond donors (Lipinski definition) is 0. The second-order valence-corrected chi connectivity index (χ2v) is 7.14. The highest BCUT2D eigenvalue weighted by molar-refractivity contribution is 4.81. The molecule has 1 unspecified atom stereocenters. The Morgan fingerprint density at radius 2 is 1.58 bits per heavy atom. The van der Waals surface area contributed by atoms with Gasteiger partial charge in [-0.05, 0) is 43.9 Å². The third kappa shape index (κ3) is 4.83. The molecule has 0 heterocycles. The van der Waals surface area contributed by atoms with Crippen molar-refractivity contribution >= 4 is 0 Å². The van der Waals surface area contributed by atoms with Crippen LogP contribution in [0.2, 0.25) is 0 Å². The van der Waals surface area contributed by atoms with Crippen molar-refractivity contribution in [2.24, 2.45) is 23.7 Å². The fourth-order valence-electron chi connectivity index (χ4n) is 4.33. The predicted octanol–water partition coefficient (Wildman–Crippen LogP) is 5.70. The maximum absolute atomic E-state index is 8.80. The first-order valence-electron chi connectivity index (χ1n) is 8.69. The van der Waals surface area contributed by atoms with Gasteiger partial charge in [-0.25, -0.2) is 0 Å². The van der Waals surface area contributed by atoms with Gasteiger partial charge in [-0.15, -0.1) is 0 Å². The minimum atomic E-state index is 0.263. The highest BCUT2D eigenvalue weighted by Gasteiger charge is 2.28. The summed E-state index contributed by atoms with van der Waals surface area (Å²) in [6.07, 6.45) is 17.2. The number of nitriles is 1. The van der Waals surface area contributed by atoms with Gasteiger partial charge < -0.3 is 0 Å². The third-order valence-electron chi connectivity index (χ3n) is 5.68. The summed E-state index contributed by atoms with van der Waals surface area (Å²) in [5.74, 6) is 3.38. The molecule has 0 aromatic rings. The summed E-state index contributed by atoms with van der Waals surface area (Å²) in [7, 11) is 0. The Labute approximate surface area is 119 Å². The summed E-state index contributed by atoms with van der Waals surface area (Å²) in [5.41, 5.74) is 0. The molecule has 2 fully saturated rings. The van der Waals surface area contributed by atoms with Crippen molar-refractivity contribution in [3.8, 4) is 6.07 Å². The average molecular weight is 261 g/mol. The van der Waals surface area contributed by atoms with Crippen molar-refractivity contribution < 1.29 is 0 Å². The molecule has 2 aliphatic carbocycles. The standard InChI is InChI=1S/C18H31N/c1-15(14-19)6-5-7-16-10-12-18(13-11-16)17-8-3-2-4-9-17/h15-18H,2-13H2,1H3. The van der Waals surface area contributed by atoms with Crippen LogP contribution in [-0.2, 0) is 0 Å². The molecule has 0 aromatic carbocycles. The van der Waals surface area contributed by atoms with E-state index in [2.05, 4.69) is 13.0 Å². The van der Waals surface area contributed by atoms with Gasteiger partial charge >= 0.3 is 0 Å². The van der Waals surface area contributed by atoms with Gasteiger partial charge in [0, 0.05) is 5.92 Å². The zero-order valence-corrected chi connectivity index (χ0v) is 12.7. The van der Waals surface area contributed by atoms with Crippen LogP contribution in [0, 0.1) is 35.0 Å². The molecule has 2 rings (SSSR count). The van der Waals surface area contributed by atoms with Crippen molar-refractivity contribution in [1.29, 1.82) is 5.26 Å². The average Bonchev–Trinajstić information content (AvgIpc) is 2.48. The Hall–Kier alpha value is -0.510. The largest absolute Gasteiger partial charge is 0.198 e. The van der Waals surface area contributed by atoms with Crippen LogP contribution in [0.4, 0.5) is 0 Å². The van der Waals surface area contributed by atoms with E-state index in [0.29, 0.717) is 0 Å². The molecule has 2 aliphatic rings. The lowest BCUT2D eigenvalue weighted by Gasteiger charge is -2.36. The van der Waals surface area contributed by atoms with Gasteiger partial charge in [0.15, 0.2) is 0 Å². The molecule has 1 atom stereocenters. The Morgan fingerprint density at radius 3 is 2.21 bits per heavy atom. The van der Waals surface area contributed by atoms with Crippen molar-refractivity contribution in [3.63, 3.8) is 0 Å². The van der Waals surface area contributed by atoms with Crippen molar-refractivity contribution in [1.82, 2.24) is 0 Å². The maximum Gasteiger partial charge on any atom is 0.0652 e. The van der Waals surface area contributed by atoms with E-state index in [0.717, 1.165) is 24.2 Å². The van der Waals surface area contributed by atoms with E-state index in [4.69, 9.17) is 5.26 Å². The third-order valence-corrected chi connectivity index (χ3v) is 5.68. The molecule has 0 saturated heterocycles. The summed E-state index contributed by atoms with van der Waals surface area (Å²) >= 11 is 0. The molecule has 0 aliphatic heterocycles. The summed E-state index contributed by atoms with van der Waals surface area (Å²) < 4.78 is 0. The molecule has 1 nitrogen and oxygen atoms in total. The van der Waals surface area contributed by atoms with Gasteiger partial charge in [0.1, 0.15) is 0 Å². The van der Waals surface area contributed by atoms with E-state index in [9.17, 15) is 0 Å². The minimum Gasteiger partial charge on any atom is -0.198 e.